The molecule has 0 saturated carbocycles. The number of nitriles is 1. The number of anilines is 1. The third-order valence-electron chi connectivity index (χ3n) is 2.82. The van der Waals surface area contributed by atoms with Gasteiger partial charge in [0.05, 0.1) is 0 Å². The molecule has 6 heteroatoms. The molecule has 1 heterocycles. The van der Waals surface area contributed by atoms with Crippen LogP contribution in [0.4, 0.5) is 5.69 Å². The molecule has 0 aliphatic carbocycles. The highest BCUT2D eigenvalue weighted by Gasteiger charge is 2.08. The summed E-state index contributed by atoms with van der Waals surface area (Å²) in [5.41, 5.74) is 3.02. The molecule has 1 amide bonds. The largest absolute Gasteiger partial charge is 0.325 e. The van der Waals surface area contributed by atoms with E-state index in [1.54, 1.807) is 0 Å². The molecule has 0 unspecified atom stereocenters. The zero-order chi connectivity index (χ0) is 13.8. The lowest BCUT2D eigenvalue weighted by Crippen LogP contribution is -2.19. The van der Waals surface area contributed by atoms with Crippen LogP contribution in [-0.2, 0) is 11.3 Å². The van der Waals surface area contributed by atoms with Gasteiger partial charge in [-0.15, -0.1) is 10.2 Å². The van der Waals surface area contributed by atoms with E-state index in [-0.39, 0.29) is 18.3 Å². The van der Waals surface area contributed by atoms with Gasteiger partial charge in [-0.05, 0) is 37.1 Å². The summed E-state index contributed by atoms with van der Waals surface area (Å²) in [6.45, 7) is 4.01. The van der Waals surface area contributed by atoms with Crippen LogP contribution >= 0.6 is 0 Å². The Hall–Kier alpha value is -2.68. The second-order valence-electron chi connectivity index (χ2n) is 4.24. The number of nitrogens with one attached hydrogen (secondary N) is 1. The Labute approximate surface area is 110 Å². The first-order valence-electron chi connectivity index (χ1n) is 5.75. The highest BCUT2D eigenvalue weighted by molar-refractivity contribution is 5.90. The summed E-state index contributed by atoms with van der Waals surface area (Å²) in [5.74, 6) is -0.102. The first-order valence-corrected chi connectivity index (χ1v) is 5.75. The monoisotopic (exact) mass is 255 g/mol. The van der Waals surface area contributed by atoms with Crippen LogP contribution in [0.1, 0.15) is 17.0 Å². The first kappa shape index (κ1) is 12.8. The molecule has 1 aromatic heterocycles. The zero-order valence-corrected chi connectivity index (χ0v) is 10.7. The summed E-state index contributed by atoms with van der Waals surface area (Å²) < 4.78 is 1.40. The van der Waals surface area contributed by atoms with Gasteiger partial charge in [0.2, 0.25) is 11.7 Å². The van der Waals surface area contributed by atoms with E-state index in [0.29, 0.717) is 0 Å². The van der Waals surface area contributed by atoms with E-state index >= 15 is 0 Å². The van der Waals surface area contributed by atoms with Crippen LogP contribution in [0, 0.1) is 25.2 Å². The molecule has 1 aromatic carbocycles. The summed E-state index contributed by atoms with van der Waals surface area (Å²) in [4.78, 5) is 11.8. The quantitative estimate of drug-likeness (QED) is 0.898. The van der Waals surface area contributed by atoms with E-state index in [9.17, 15) is 4.79 Å². The highest BCUT2D eigenvalue weighted by Crippen LogP contribution is 2.14. The maximum Gasteiger partial charge on any atom is 0.244 e. The van der Waals surface area contributed by atoms with Crippen LogP contribution in [0.2, 0.25) is 0 Å². The summed E-state index contributed by atoms with van der Waals surface area (Å²) in [6.07, 6.45) is 1.36. The lowest BCUT2D eigenvalue weighted by molar-refractivity contribution is -0.116. The van der Waals surface area contributed by atoms with Gasteiger partial charge in [-0.1, -0.05) is 6.07 Å². The Kier molecular flexibility index (Phi) is 3.57. The Balaban J connectivity index is 2.06. The fourth-order valence-electron chi connectivity index (χ4n) is 1.63. The van der Waals surface area contributed by atoms with Crippen molar-refractivity contribution in [1.29, 1.82) is 5.26 Å². The van der Waals surface area contributed by atoms with Crippen molar-refractivity contribution in [2.75, 3.05) is 5.32 Å². The number of hydrogen-bond acceptors (Lipinski definition) is 4. The molecule has 19 heavy (non-hydrogen) atoms. The van der Waals surface area contributed by atoms with Gasteiger partial charge in [0.25, 0.3) is 0 Å². The lowest BCUT2D eigenvalue weighted by atomic mass is 10.1. The Morgan fingerprint density at radius 3 is 2.89 bits per heavy atom. The van der Waals surface area contributed by atoms with Crippen molar-refractivity contribution in [2.24, 2.45) is 0 Å². The number of nitrogens with zero attached hydrogens (tertiary/aromatic N) is 4. The van der Waals surface area contributed by atoms with Crippen molar-refractivity contribution >= 4 is 11.6 Å². The number of aromatic nitrogens is 3. The number of carbonyl (C=O) groups is 1. The summed E-state index contributed by atoms with van der Waals surface area (Å²) in [7, 11) is 0. The number of rotatable bonds is 3. The van der Waals surface area contributed by atoms with E-state index in [1.807, 2.05) is 38.1 Å². The van der Waals surface area contributed by atoms with E-state index in [0.717, 1.165) is 11.3 Å². The zero-order valence-electron chi connectivity index (χ0n) is 10.7. The second kappa shape index (κ2) is 5.31. The summed E-state index contributed by atoms with van der Waals surface area (Å²) in [6, 6.07) is 7.57. The minimum atomic E-state index is -0.223. The van der Waals surface area contributed by atoms with Crippen molar-refractivity contribution in [2.45, 2.75) is 20.4 Å². The van der Waals surface area contributed by atoms with Crippen LogP contribution in [0.5, 0.6) is 0 Å². The Morgan fingerprint density at radius 2 is 2.21 bits per heavy atom. The van der Waals surface area contributed by atoms with Crippen LogP contribution in [0.3, 0.4) is 0 Å². The second-order valence-corrected chi connectivity index (χ2v) is 4.24. The predicted molar refractivity (Wildman–Crippen MR) is 69.3 cm³/mol. The van der Waals surface area contributed by atoms with E-state index in [1.165, 1.54) is 16.5 Å². The van der Waals surface area contributed by atoms with Crippen molar-refractivity contribution in [3.8, 4) is 6.07 Å². The maximum absolute atomic E-state index is 11.8. The third kappa shape index (κ3) is 2.96. The van der Waals surface area contributed by atoms with Crippen LogP contribution in [0.15, 0.2) is 24.5 Å². The fraction of sp³-hybridized carbons (Fsp3) is 0.231. The Bertz CT molecular complexity index is 653. The van der Waals surface area contributed by atoms with Crippen molar-refractivity contribution in [3.63, 3.8) is 0 Å². The molecule has 96 valence electrons. The number of benzene rings is 1. The molecule has 0 radical (unpaired) electrons. The maximum atomic E-state index is 11.8. The van der Waals surface area contributed by atoms with Gasteiger partial charge >= 0.3 is 0 Å². The SMILES string of the molecule is Cc1ccc(NC(=O)Cn2cnnc2C#N)cc1C. The van der Waals surface area contributed by atoms with E-state index in [2.05, 4.69) is 15.5 Å². The molecule has 0 bridgehead atoms. The molecule has 2 aromatic rings. The van der Waals surface area contributed by atoms with Gasteiger partial charge < -0.3 is 5.32 Å². The van der Waals surface area contributed by atoms with Gasteiger partial charge in [-0.3, -0.25) is 9.36 Å². The summed E-state index contributed by atoms with van der Waals surface area (Å²) in [5, 5.41) is 18.7. The van der Waals surface area contributed by atoms with Gasteiger partial charge in [0, 0.05) is 5.69 Å². The molecule has 0 aliphatic rings. The van der Waals surface area contributed by atoms with Crippen LogP contribution < -0.4 is 5.32 Å². The average molecular weight is 255 g/mol. The molecular weight excluding hydrogens is 242 g/mol. The molecule has 0 spiro atoms. The summed E-state index contributed by atoms with van der Waals surface area (Å²) >= 11 is 0. The normalized spacial score (nSPS) is 9.95. The average Bonchev–Trinajstić information content (AvgIpc) is 2.81. The molecule has 0 atom stereocenters. The number of carbonyl (C=O) groups excluding carboxylic acids is 1. The van der Waals surface area contributed by atoms with Gasteiger partial charge in [-0.25, -0.2) is 0 Å². The number of amides is 1. The van der Waals surface area contributed by atoms with Crippen molar-refractivity contribution in [3.05, 3.63) is 41.5 Å². The van der Waals surface area contributed by atoms with Crippen LogP contribution in [0.25, 0.3) is 0 Å². The van der Waals surface area contributed by atoms with Gasteiger partial charge in [-0.2, -0.15) is 5.26 Å². The number of hydrogen-bond donors (Lipinski definition) is 1. The molecule has 0 fully saturated rings. The highest BCUT2D eigenvalue weighted by atomic mass is 16.1. The van der Waals surface area contributed by atoms with Crippen molar-refractivity contribution < 1.29 is 4.79 Å². The van der Waals surface area contributed by atoms with E-state index < -0.39 is 0 Å². The third-order valence-corrected chi connectivity index (χ3v) is 2.82. The fourth-order valence-corrected chi connectivity index (χ4v) is 1.63. The molecule has 0 aliphatic heterocycles. The molecular formula is C13H13N5O. The predicted octanol–water partition coefficient (Wildman–Crippen LogP) is 1.41. The standard InChI is InChI=1S/C13H13N5O/c1-9-3-4-11(5-10(9)2)16-13(19)7-18-8-15-17-12(18)6-14/h3-5,8H,7H2,1-2H3,(H,16,19). The van der Waals surface area contributed by atoms with Crippen molar-refractivity contribution in [1.82, 2.24) is 14.8 Å². The molecule has 0 saturated heterocycles. The lowest BCUT2D eigenvalue weighted by Gasteiger charge is -2.08. The number of aryl methyl sites for hydroxylation is 2. The van der Waals surface area contributed by atoms with Gasteiger partial charge in [0.1, 0.15) is 18.9 Å². The molecule has 6 nitrogen and oxygen atoms in total. The molecule has 2 rings (SSSR count). The molecule has 1 N–H and O–H groups in total. The Morgan fingerprint density at radius 1 is 1.42 bits per heavy atom. The first-order chi connectivity index (χ1) is 9.10. The van der Waals surface area contributed by atoms with Crippen LogP contribution in [-0.4, -0.2) is 20.7 Å². The van der Waals surface area contributed by atoms with E-state index in [4.69, 9.17) is 5.26 Å². The topological polar surface area (TPSA) is 83.6 Å². The minimum Gasteiger partial charge on any atom is -0.325 e. The van der Waals surface area contributed by atoms with Gasteiger partial charge in [0.15, 0.2) is 0 Å². The smallest absolute Gasteiger partial charge is 0.244 e. The minimum absolute atomic E-state index is 0.0167.